The highest BCUT2D eigenvalue weighted by atomic mass is 32.1. The lowest BCUT2D eigenvalue weighted by Crippen LogP contribution is -1.94. The number of thiophene rings is 2. The summed E-state index contributed by atoms with van der Waals surface area (Å²) in [5.41, 5.74) is 9.24. The molecule has 0 saturated heterocycles. The molecule has 0 unspecified atom stereocenters. The smallest absolute Gasteiger partial charge is 0.152 e. The number of para-hydroxylation sites is 2. The average Bonchev–Trinajstić information content (AvgIpc) is 4.06. The van der Waals surface area contributed by atoms with Gasteiger partial charge in [-0.25, -0.2) is 4.68 Å². The monoisotopic (exact) mass is 728 g/mol. The first-order valence-electron chi connectivity index (χ1n) is 18.0. The number of benzene rings is 6. The molecule has 0 amide bonds. The summed E-state index contributed by atoms with van der Waals surface area (Å²) in [5, 5.41) is 14.7. The van der Waals surface area contributed by atoms with E-state index >= 15 is 0 Å². The van der Waals surface area contributed by atoms with Gasteiger partial charge in [0.1, 0.15) is 16.3 Å². The molecule has 0 atom stereocenters. The second-order valence-corrected chi connectivity index (χ2v) is 15.9. The molecule has 0 aliphatic rings. The van der Waals surface area contributed by atoms with Gasteiger partial charge in [-0.05, 0) is 70.3 Å². The van der Waals surface area contributed by atoms with Gasteiger partial charge in [-0.1, -0.05) is 103 Å². The van der Waals surface area contributed by atoms with Gasteiger partial charge in [-0.15, -0.1) is 22.7 Å². The maximum atomic E-state index is 6.60. The molecule has 0 bridgehead atoms. The molecular weight excluding hydrogens is 701 g/mol. The van der Waals surface area contributed by atoms with E-state index in [1.807, 2.05) is 12.1 Å². The fraction of sp³-hybridized carbons (Fsp3) is 0. The highest BCUT2D eigenvalue weighted by molar-refractivity contribution is 7.22. The quantitative estimate of drug-likeness (QED) is 0.185. The van der Waals surface area contributed by atoms with Crippen LogP contribution in [0.5, 0.6) is 0 Å². The molecule has 54 heavy (non-hydrogen) atoms. The van der Waals surface area contributed by atoms with E-state index < -0.39 is 0 Å². The molecule has 0 fully saturated rings. The van der Waals surface area contributed by atoms with Gasteiger partial charge >= 0.3 is 0 Å². The van der Waals surface area contributed by atoms with Crippen LogP contribution in [-0.2, 0) is 0 Å². The van der Waals surface area contributed by atoms with Crippen molar-refractivity contribution < 1.29 is 4.42 Å². The number of hydrogen-bond acceptors (Lipinski definition) is 4. The number of nitrogens with one attached hydrogen (secondary N) is 2. The van der Waals surface area contributed by atoms with Crippen LogP contribution >= 0.6 is 22.7 Å². The maximum Gasteiger partial charge on any atom is 0.152 e. The average molecular weight is 729 g/mol. The molecule has 2 N–H and O–H groups in total. The minimum Gasteiger partial charge on any atom is -0.455 e. The van der Waals surface area contributed by atoms with Crippen molar-refractivity contribution >= 4 is 86.4 Å². The van der Waals surface area contributed by atoms with Crippen LogP contribution < -0.4 is 0 Å². The van der Waals surface area contributed by atoms with Crippen LogP contribution in [0, 0.1) is 0 Å². The van der Waals surface area contributed by atoms with Gasteiger partial charge in [0.2, 0.25) is 0 Å². The SMILES string of the molecule is c1ccc2oc(-c3[nH]c4ccccc4c3-c3ccc4c(c(-c5cc6ccccc6s5)nn4-c4cc5ccccc5s4)c3-c3[nH]cc4ccccc34)cc2c1. The summed E-state index contributed by atoms with van der Waals surface area (Å²) >= 11 is 3.56. The summed E-state index contributed by atoms with van der Waals surface area (Å²) in [5.74, 6) is 0.801. The first-order valence-corrected chi connectivity index (χ1v) is 19.6. The lowest BCUT2D eigenvalue weighted by atomic mass is 9.90. The number of nitrogens with zero attached hydrogens (tertiary/aromatic N) is 2. The topological polar surface area (TPSA) is 62.5 Å². The third kappa shape index (κ3) is 4.40. The Balaban J connectivity index is 1.25. The molecule has 5 nitrogen and oxygen atoms in total. The summed E-state index contributed by atoms with van der Waals surface area (Å²) < 4.78 is 11.2. The lowest BCUT2D eigenvalue weighted by Gasteiger charge is -2.14. The van der Waals surface area contributed by atoms with E-state index in [0.29, 0.717) is 0 Å². The molecular formula is C47H28N4OS2. The van der Waals surface area contributed by atoms with E-state index in [-0.39, 0.29) is 0 Å². The van der Waals surface area contributed by atoms with Crippen LogP contribution in [0.15, 0.2) is 162 Å². The standard InChI is InChI=1S/C47H28N4OS2/c1-5-15-31-30(14-1)26-48-45(31)43-33(42-32-16-6-7-17-34(32)49-46(42)37-23-27-11-2-8-18-36(27)52-37)21-22-35-44(43)47(40-24-28-12-3-9-19-38(28)53-40)50-51(35)41-25-29-13-4-10-20-39(29)54-41/h1-26,48-49H. The fourth-order valence-corrected chi connectivity index (χ4v) is 10.3. The molecule has 0 aliphatic carbocycles. The zero-order valence-electron chi connectivity index (χ0n) is 28.6. The molecule has 12 aromatic rings. The van der Waals surface area contributed by atoms with Gasteiger partial charge in [0.25, 0.3) is 0 Å². The van der Waals surface area contributed by atoms with Crippen LogP contribution in [0.25, 0.3) is 113 Å². The number of aromatic amines is 2. The summed E-state index contributed by atoms with van der Waals surface area (Å²) in [7, 11) is 0. The van der Waals surface area contributed by atoms with Crippen molar-refractivity contribution in [3.05, 3.63) is 158 Å². The van der Waals surface area contributed by atoms with Gasteiger partial charge < -0.3 is 14.4 Å². The van der Waals surface area contributed by atoms with E-state index in [2.05, 4.69) is 160 Å². The predicted octanol–water partition coefficient (Wildman–Crippen LogP) is 13.8. The molecule has 254 valence electrons. The highest BCUT2D eigenvalue weighted by Gasteiger charge is 2.28. The minimum atomic E-state index is 0.801. The first kappa shape index (κ1) is 29.9. The molecule has 6 aromatic heterocycles. The third-order valence-corrected chi connectivity index (χ3v) is 12.8. The zero-order chi connectivity index (χ0) is 35.3. The third-order valence-electron chi connectivity index (χ3n) is 10.6. The molecule has 0 spiro atoms. The Morgan fingerprint density at radius 2 is 1.28 bits per heavy atom. The van der Waals surface area contributed by atoms with Gasteiger partial charge in [0.15, 0.2) is 5.76 Å². The van der Waals surface area contributed by atoms with Crippen LogP contribution in [0.2, 0.25) is 0 Å². The molecule has 0 saturated carbocycles. The van der Waals surface area contributed by atoms with Gasteiger partial charge in [-0.2, -0.15) is 5.10 Å². The maximum absolute atomic E-state index is 6.60. The van der Waals surface area contributed by atoms with Crippen molar-refractivity contribution in [2.45, 2.75) is 0 Å². The minimum absolute atomic E-state index is 0.801. The van der Waals surface area contributed by atoms with E-state index in [1.54, 1.807) is 22.7 Å². The van der Waals surface area contributed by atoms with Gasteiger partial charge in [-0.3, -0.25) is 0 Å². The number of hydrogen-bond donors (Lipinski definition) is 2. The van der Waals surface area contributed by atoms with Crippen molar-refractivity contribution in [3.63, 3.8) is 0 Å². The summed E-state index contributed by atoms with van der Waals surface area (Å²) in [6.07, 6.45) is 2.12. The van der Waals surface area contributed by atoms with Crippen LogP contribution in [0.3, 0.4) is 0 Å². The van der Waals surface area contributed by atoms with Crippen molar-refractivity contribution in [2.75, 3.05) is 0 Å². The molecule has 0 radical (unpaired) electrons. The highest BCUT2D eigenvalue weighted by Crippen LogP contribution is 2.50. The van der Waals surface area contributed by atoms with Crippen molar-refractivity contribution in [1.29, 1.82) is 0 Å². The molecule has 0 aliphatic heterocycles. The number of rotatable bonds is 5. The van der Waals surface area contributed by atoms with Crippen molar-refractivity contribution in [2.24, 2.45) is 0 Å². The summed E-state index contributed by atoms with van der Waals surface area (Å²) in [6, 6.07) is 53.8. The molecule has 7 heteroatoms. The van der Waals surface area contributed by atoms with Crippen molar-refractivity contribution in [1.82, 2.24) is 19.7 Å². The van der Waals surface area contributed by atoms with Crippen LogP contribution in [0.4, 0.5) is 0 Å². The number of fused-ring (bicyclic) bond motifs is 6. The summed E-state index contributed by atoms with van der Waals surface area (Å²) in [4.78, 5) is 8.68. The van der Waals surface area contributed by atoms with E-state index in [0.717, 1.165) is 93.0 Å². The van der Waals surface area contributed by atoms with Crippen LogP contribution in [0.1, 0.15) is 0 Å². The Kier molecular flexibility index (Phi) is 6.31. The normalized spacial score (nSPS) is 12.1. The Morgan fingerprint density at radius 3 is 2.09 bits per heavy atom. The Morgan fingerprint density at radius 1 is 0.574 bits per heavy atom. The number of aromatic nitrogens is 4. The number of H-pyrrole nitrogens is 2. The predicted molar refractivity (Wildman–Crippen MR) is 227 cm³/mol. The largest absolute Gasteiger partial charge is 0.455 e. The fourth-order valence-electron chi connectivity index (χ4n) is 8.19. The molecule has 12 rings (SSSR count). The zero-order valence-corrected chi connectivity index (χ0v) is 30.3. The van der Waals surface area contributed by atoms with Crippen LogP contribution in [-0.4, -0.2) is 19.7 Å². The van der Waals surface area contributed by atoms with Gasteiger partial charge in [0, 0.05) is 53.8 Å². The van der Waals surface area contributed by atoms with E-state index in [1.165, 1.54) is 20.2 Å². The second-order valence-electron chi connectivity index (χ2n) is 13.7. The van der Waals surface area contributed by atoms with Crippen molar-refractivity contribution in [3.8, 4) is 49.4 Å². The Hall–Kier alpha value is -6.67. The van der Waals surface area contributed by atoms with Gasteiger partial charge in [0.05, 0.1) is 21.8 Å². The summed E-state index contributed by atoms with van der Waals surface area (Å²) in [6.45, 7) is 0. The lowest BCUT2D eigenvalue weighted by molar-refractivity contribution is 0.629. The Labute approximate surface area is 316 Å². The second kappa shape index (κ2) is 11.4. The first-order chi connectivity index (χ1) is 26.7. The van der Waals surface area contributed by atoms with E-state index in [4.69, 9.17) is 9.52 Å². The number of furan rings is 1. The molecule has 6 aromatic carbocycles. The molecule has 6 heterocycles. The van der Waals surface area contributed by atoms with E-state index in [9.17, 15) is 0 Å². The Bertz CT molecular complexity index is 3320.